The summed E-state index contributed by atoms with van der Waals surface area (Å²) < 4.78 is 0. The van der Waals surface area contributed by atoms with E-state index in [1.165, 1.54) is 65.7 Å². The normalized spacial score (nSPS) is 12.5. The first-order chi connectivity index (χ1) is 23.0. The van der Waals surface area contributed by atoms with Crippen LogP contribution < -0.4 is 0 Å². The molecule has 0 bridgehead atoms. The third-order valence-electron chi connectivity index (χ3n) is 10.5. The van der Waals surface area contributed by atoms with Crippen LogP contribution in [-0.4, -0.2) is 15.9 Å². The van der Waals surface area contributed by atoms with Gasteiger partial charge in [0.2, 0.25) is 0 Å². The van der Waals surface area contributed by atoms with Crippen molar-refractivity contribution in [3.63, 3.8) is 0 Å². The molecule has 49 heavy (non-hydrogen) atoms. The number of nitrogens with zero attached hydrogens (tertiary/aromatic N) is 1. The Morgan fingerprint density at radius 2 is 1.39 bits per heavy atom. The summed E-state index contributed by atoms with van der Waals surface area (Å²) in [6.45, 7) is 17.2. The molecule has 0 aliphatic carbocycles. The molecule has 255 valence electrons. The van der Waals surface area contributed by atoms with E-state index in [2.05, 4.69) is 100 Å². The van der Waals surface area contributed by atoms with Gasteiger partial charge in [0.05, 0.1) is 5.76 Å². The van der Waals surface area contributed by atoms with Gasteiger partial charge in [-0.2, -0.15) is 0 Å². The Morgan fingerprint density at radius 3 is 2.06 bits per heavy atom. The summed E-state index contributed by atoms with van der Waals surface area (Å²) in [6, 6.07) is 28.3. The van der Waals surface area contributed by atoms with Crippen LogP contribution in [0.5, 0.6) is 0 Å². The van der Waals surface area contributed by atoms with Crippen molar-refractivity contribution in [3.8, 4) is 0 Å². The minimum absolute atomic E-state index is 0. The predicted octanol–water partition coefficient (Wildman–Crippen LogP) is 12.7. The molecule has 1 aromatic heterocycles. The second-order valence-electron chi connectivity index (χ2n) is 14.4. The molecule has 0 aliphatic rings. The second-order valence-corrected chi connectivity index (χ2v) is 14.4. The van der Waals surface area contributed by atoms with Crippen molar-refractivity contribution in [2.75, 3.05) is 0 Å². The van der Waals surface area contributed by atoms with Gasteiger partial charge in [0.1, 0.15) is 0 Å². The quantitative estimate of drug-likeness (QED) is 0.0572. The van der Waals surface area contributed by atoms with Gasteiger partial charge in [-0.25, -0.2) is 0 Å². The number of aromatic nitrogens is 1. The number of benzene rings is 6. The predicted molar refractivity (Wildman–Crippen MR) is 207 cm³/mol. The molecule has 7 aromatic rings. The van der Waals surface area contributed by atoms with E-state index in [0.717, 1.165) is 42.0 Å². The third-order valence-corrected chi connectivity index (χ3v) is 10.5. The monoisotopic (exact) mass is 827 g/mol. The van der Waals surface area contributed by atoms with Crippen molar-refractivity contribution < 1.29 is 30.0 Å². The number of carbonyl (C=O) groups is 1. The average Bonchev–Trinajstić information content (AvgIpc) is 3.08. The molecule has 1 N–H and O–H groups in total. The molecule has 1 radical (unpaired) electrons. The van der Waals surface area contributed by atoms with E-state index in [9.17, 15) is 9.90 Å². The molecule has 7 rings (SSSR count). The van der Waals surface area contributed by atoms with Crippen LogP contribution in [0.15, 0.2) is 84.8 Å². The molecule has 0 spiro atoms. The first-order valence-corrected chi connectivity index (χ1v) is 17.7. The van der Waals surface area contributed by atoms with Gasteiger partial charge in [-0.3, -0.25) is 9.78 Å². The van der Waals surface area contributed by atoms with Gasteiger partial charge in [0.25, 0.3) is 0 Å². The molecule has 0 saturated carbocycles. The maximum Gasteiger partial charge on any atom is 0.162 e. The number of aliphatic hydroxyl groups excluding tert-OH is 1. The molecule has 0 fully saturated rings. The van der Waals surface area contributed by atoms with Crippen molar-refractivity contribution in [2.24, 2.45) is 11.8 Å². The van der Waals surface area contributed by atoms with Crippen LogP contribution >= 0.6 is 0 Å². The first kappa shape index (κ1) is 36.4. The number of hydrogen-bond acceptors (Lipinski definition) is 3. The molecule has 0 unspecified atom stereocenters. The summed E-state index contributed by atoms with van der Waals surface area (Å²) in [7, 11) is 0. The van der Waals surface area contributed by atoms with Crippen molar-refractivity contribution in [2.45, 2.75) is 86.5 Å². The van der Waals surface area contributed by atoms with Gasteiger partial charge in [-0.1, -0.05) is 120 Å². The van der Waals surface area contributed by atoms with Crippen LogP contribution in [0, 0.1) is 24.8 Å². The summed E-state index contributed by atoms with van der Waals surface area (Å²) in [5.74, 6) is 0.547. The average molecular weight is 827 g/mol. The molecule has 6 aromatic carbocycles. The van der Waals surface area contributed by atoms with Crippen LogP contribution in [0.3, 0.4) is 0 Å². The van der Waals surface area contributed by atoms with Crippen LogP contribution in [0.4, 0.5) is 0 Å². The van der Waals surface area contributed by atoms with Gasteiger partial charge in [-0.05, 0) is 86.5 Å². The van der Waals surface area contributed by atoms with Gasteiger partial charge >= 0.3 is 0 Å². The van der Waals surface area contributed by atoms with Gasteiger partial charge in [0.15, 0.2) is 5.78 Å². The van der Waals surface area contributed by atoms with E-state index in [1.54, 1.807) is 0 Å². The number of fused-ring (bicyclic) bond motifs is 7. The third kappa shape index (κ3) is 6.46. The van der Waals surface area contributed by atoms with Gasteiger partial charge < -0.3 is 5.11 Å². The summed E-state index contributed by atoms with van der Waals surface area (Å²) in [4.78, 5) is 16.7. The molecule has 0 atom stereocenters. The van der Waals surface area contributed by atoms with Gasteiger partial charge in [-0.15, -0.1) is 23.1 Å². The second kappa shape index (κ2) is 14.6. The Morgan fingerprint density at radius 1 is 0.755 bits per heavy atom. The van der Waals surface area contributed by atoms with Crippen LogP contribution in [0.25, 0.3) is 64.8 Å². The SMILES string of the molecule is CCC(CC)C(=O)/C=C(\O)C(CC)CC.Cc1c2ccccc2[c-]c2c3nccc4c5ccc(C(C)(C)C)cc5c5cccc(c12)c5c43.[Ir]. The summed E-state index contributed by atoms with van der Waals surface area (Å²) in [5.41, 5.74) is 3.83. The fourth-order valence-electron chi connectivity index (χ4n) is 7.58. The number of hydrogen-bond donors (Lipinski definition) is 1. The molecular weight excluding hydrogens is 779 g/mol. The van der Waals surface area contributed by atoms with Crippen molar-refractivity contribution in [3.05, 3.63) is 102 Å². The first-order valence-electron chi connectivity index (χ1n) is 17.7. The summed E-state index contributed by atoms with van der Waals surface area (Å²) in [5, 5.41) is 23.7. The van der Waals surface area contributed by atoms with Crippen LogP contribution in [0.1, 0.15) is 85.3 Å². The minimum atomic E-state index is 0. The zero-order chi connectivity index (χ0) is 34.3. The van der Waals surface area contributed by atoms with E-state index < -0.39 is 0 Å². The molecule has 4 heteroatoms. The van der Waals surface area contributed by atoms with Gasteiger partial charge in [0, 0.05) is 49.7 Å². The number of aryl methyl sites for hydroxylation is 1. The summed E-state index contributed by atoms with van der Waals surface area (Å²) in [6.07, 6.45) is 6.88. The van der Waals surface area contributed by atoms with E-state index in [4.69, 9.17) is 4.98 Å². The minimum Gasteiger partial charge on any atom is -0.512 e. The maximum absolute atomic E-state index is 11.7. The molecule has 1 heterocycles. The molecule has 0 aliphatic heterocycles. The number of carbonyl (C=O) groups excluding carboxylic acids is 1. The standard InChI is InChI=1S/C32H24N.C13H24O2.Ir/c1-18-21-9-6-5-8-19(21)16-27-28(18)25-11-7-10-23-26-17-20(32(2,3)4)12-13-22(26)24-14-15-33-31(27)30(24)29(23)25;1-5-10(6-2)12(14)9-13(15)11(7-3)8-4;/h5-15,17H,1-4H3;9-11,14H,5-8H2,1-4H3;/q-1;;/b;12-9-;. The van der Waals surface area contributed by atoms with Crippen molar-refractivity contribution >= 4 is 70.5 Å². The molecular formula is C45H48IrNO2-. The van der Waals surface area contributed by atoms with E-state index in [-0.39, 0.29) is 48.9 Å². The fraction of sp³-hybridized carbons (Fsp3) is 0.333. The molecule has 0 amide bonds. The smallest absolute Gasteiger partial charge is 0.162 e. The largest absolute Gasteiger partial charge is 0.512 e. The Bertz CT molecular complexity index is 2320. The van der Waals surface area contributed by atoms with Crippen LogP contribution in [0.2, 0.25) is 0 Å². The Kier molecular flexibility index (Phi) is 10.8. The number of aliphatic hydroxyl groups is 1. The summed E-state index contributed by atoms with van der Waals surface area (Å²) >= 11 is 0. The number of allylic oxidation sites excluding steroid dienone is 2. The van der Waals surface area contributed by atoms with E-state index >= 15 is 0 Å². The Balaban J connectivity index is 0.000000252. The molecule has 0 saturated heterocycles. The Labute approximate surface area is 304 Å². The Hall–Kier alpha value is -3.85. The molecule has 3 nitrogen and oxygen atoms in total. The van der Waals surface area contributed by atoms with Crippen LogP contribution in [-0.2, 0) is 30.3 Å². The maximum atomic E-state index is 11.7. The zero-order valence-electron chi connectivity index (χ0n) is 30.1. The number of rotatable bonds is 7. The van der Waals surface area contributed by atoms with E-state index in [0.29, 0.717) is 0 Å². The zero-order valence-corrected chi connectivity index (χ0v) is 32.5. The topological polar surface area (TPSA) is 50.2 Å². The van der Waals surface area contributed by atoms with Crippen molar-refractivity contribution in [1.29, 1.82) is 0 Å². The fourth-order valence-corrected chi connectivity index (χ4v) is 7.58. The number of ketones is 1. The van der Waals surface area contributed by atoms with Crippen molar-refractivity contribution in [1.82, 2.24) is 4.98 Å². The van der Waals surface area contributed by atoms with E-state index in [1.807, 2.05) is 33.9 Å². The number of pyridine rings is 1.